The van der Waals surface area contributed by atoms with E-state index >= 15 is 0 Å². The van der Waals surface area contributed by atoms with Crippen LogP contribution in [0.25, 0.3) is 0 Å². The Morgan fingerprint density at radius 2 is 1.84 bits per heavy atom. The lowest BCUT2D eigenvalue weighted by molar-refractivity contribution is -0.117. The number of ether oxygens (including phenoxy) is 4. The van der Waals surface area contributed by atoms with Crippen LogP contribution in [0.5, 0.6) is 17.2 Å². The lowest BCUT2D eigenvalue weighted by Gasteiger charge is -2.33. The summed E-state index contributed by atoms with van der Waals surface area (Å²) in [6.45, 7) is 0. The Hall–Kier alpha value is -3.86. The van der Waals surface area contributed by atoms with Crippen molar-refractivity contribution in [2.75, 3.05) is 21.3 Å². The normalized spacial score (nSPS) is 20.6. The minimum atomic E-state index is -0.701. The van der Waals surface area contributed by atoms with Gasteiger partial charge in [0.2, 0.25) is 11.6 Å². The third-order valence-electron chi connectivity index (χ3n) is 5.63. The van der Waals surface area contributed by atoms with E-state index in [1.54, 1.807) is 24.5 Å². The van der Waals surface area contributed by atoms with Gasteiger partial charge < -0.3 is 29.1 Å². The van der Waals surface area contributed by atoms with Gasteiger partial charge in [0.1, 0.15) is 23.2 Å². The smallest absolute Gasteiger partial charge is 0.205 e. The van der Waals surface area contributed by atoms with Gasteiger partial charge in [-0.1, -0.05) is 0 Å². The van der Waals surface area contributed by atoms with Crippen molar-refractivity contribution in [1.29, 1.82) is 5.26 Å². The average molecular weight is 422 g/mol. The number of methoxy groups -OCH3 is 3. The second-order valence-electron chi connectivity index (χ2n) is 7.26. The highest BCUT2D eigenvalue weighted by atomic mass is 16.5. The molecule has 2 aromatic rings. The van der Waals surface area contributed by atoms with E-state index in [2.05, 4.69) is 6.07 Å². The largest absolute Gasteiger partial charge is 0.493 e. The molecule has 2 aliphatic rings. The fourth-order valence-corrected chi connectivity index (χ4v) is 4.23. The van der Waals surface area contributed by atoms with Crippen LogP contribution in [0.4, 0.5) is 0 Å². The van der Waals surface area contributed by atoms with Crippen LogP contribution in [0.15, 0.2) is 57.7 Å². The molecule has 2 N–H and O–H groups in total. The van der Waals surface area contributed by atoms with E-state index in [-0.39, 0.29) is 29.6 Å². The number of hydrogen-bond donors (Lipinski definition) is 1. The molecule has 0 saturated carbocycles. The van der Waals surface area contributed by atoms with Gasteiger partial charge in [-0.25, -0.2) is 0 Å². The van der Waals surface area contributed by atoms with Crippen LogP contribution in [0.1, 0.15) is 36.0 Å². The fraction of sp³-hybridized carbons (Fsp3) is 0.304. The lowest BCUT2D eigenvalue weighted by Crippen LogP contribution is -2.29. The summed E-state index contributed by atoms with van der Waals surface area (Å²) < 4.78 is 27.6. The highest BCUT2D eigenvalue weighted by molar-refractivity contribution is 6.00. The number of hydrogen-bond acceptors (Lipinski definition) is 8. The lowest BCUT2D eigenvalue weighted by atomic mass is 9.74. The number of ketones is 1. The van der Waals surface area contributed by atoms with Gasteiger partial charge in [-0.05, 0) is 29.8 Å². The number of carbonyl (C=O) groups excluding carboxylic acids is 1. The molecule has 2 heterocycles. The first-order valence-corrected chi connectivity index (χ1v) is 9.69. The molecule has 2 unspecified atom stereocenters. The Balaban J connectivity index is 1.86. The molecule has 8 heteroatoms. The third-order valence-corrected chi connectivity index (χ3v) is 5.63. The van der Waals surface area contributed by atoms with E-state index in [4.69, 9.17) is 29.1 Å². The summed E-state index contributed by atoms with van der Waals surface area (Å²) in [4.78, 5) is 13.3. The molecule has 0 fully saturated rings. The summed E-state index contributed by atoms with van der Waals surface area (Å²) >= 11 is 0. The van der Waals surface area contributed by atoms with Gasteiger partial charge in [0.15, 0.2) is 17.3 Å². The molecule has 1 aromatic heterocycles. The van der Waals surface area contributed by atoms with Crippen molar-refractivity contribution < 1.29 is 28.2 Å². The maximum atomic E-state index is 13.3. The first-order valence-electron chi connectivity index (χ1n) is 9.69. The molecule has 160 valence electrons. The third kappa shape index (κ3) is 3.38. The van der Waals surface area contributed by atoms with Crippen LogP contribution in [-0.4, -0.2) is 27.1 Å². The molecule has 31 heavy (non-hydrogen) atoms. The molecular weight excluding hydrogens is 400 g/mol. The fourth-order valence-electron chi connectivity index (χ4n) is 4.23. The summed E-state index contributed by atoms with van der Waals surface area (Å²) in [7, 11) is 4.52. The van der Waals surface area contributed by atoms with Gasteiger partial charge in [-0.2, -0.15) is 5.26 Å². The van der Waals surface area contributed by atoms with E-state index in [9.17, 15) is 10.1 Å². The Morgan fingerprint density at radius 3 is 2.39 bits per heavy atom. The van der Waals surface area contributed by atoms with Crippen LogP contribution in [0, 0.1) is 11.3 Å². The van der Waals surface area contributed by atoms with E-state index in [0.717, 1.165) is 0 Å². The number of nitrogens with two attached hydrogens (primary N) is 1. The maximum Gasteiger partial charge on any atom is 0.205 e. The van der Waals surface area contributed by atoms with Crippen molar-refractivity contribution in [3.63, 3.8) is 0 Å². The Bertz CT molecular complexity index is 1100. The summed E-state index contributed by atoms with van der Waals surface area (Å²) in [5, 5.41) is 9.82. The molecule has 8 nitrogen and oxygen atoms in total. The average Bonchev–Trinajstić information content (AvgIpc) is 3.32. The van der Waals surface area contributed by atoms with Crippen molar-refractivity contribution in [1.82, 2.24) is 0 Å². The van der Waals surface area contributed by atoms with Crippen molar-refractivity contribution in [3.8, 4) is 23.3 Å². The van der Waals surface area contributed by atoms with Crippen LogP contribution in [-0.2, 0) is 9.53 Å². The zero-order valence-electron chi connectivity index (χ0n) is 17.4. The van der Waals surface area contributed by atoms with E-state index < -0.39 is 5.92 Å². The molecule has 0 amide bonds. The standard InChI is InChI=1S/C23H22N2O6/c1-27-18-9-13(10-19(28-2)22(18)29-3)20-14(11-24)23(25)31-17-8-12(7-15(26)21(17)20)16-5-4-6-30-16/h4-6,9-10,12,20H,7-8,25H2,1-3H3. The van der Waals surface area contributed by atoms with Gasteiger partial charge in [0.25, 0.3) is 0 Å². The molecule has 4 rings (SSSR count). The number of nitrogens with zero attached hydrogens (tertiary/aromatic N) is 1. The van der Waals surface area contributed by atoms with E-state index in [1.807, 2.05) is 6.07 Å². The summed E-state index contributed by atoms with van der Waals surface area (Å²) in [5.74, 6) is 1.41. The van der Waals surface area contributed by atoms with Gasteiger partial charge in [0.05, 0.1) is 33.5 Å². The highest BCUT2D eigenvalue weighted by Crippen LogP contribution is 2.49. The molecule has 0 saturated heterocycles. The van der Waals surface area contributed by atoms with Gasteiger partial charge in [-0.3, -0.25) is 4.79 Å². The Labute approximate surface area is 179 Å². The minimum Gasteiger partial charge on any atom is -0.493 e. The summed E-state index contributed by atoms with van der Waals surface area (Å²) in [6.07, 6.45) is 2.26. The monoisotopic (exact) mass is 422 g/mol. The number of furan rings is 1. The number of benzene rings is 1. The predicted octanol–water partition coefficient (Wildman–Crippen LogP) is 3.51. The molecule has 1 aromatic carbocycles. The predicted molar refractivity (Wildman–Crippen MR) is 109 cm³/mol. The SMILES string of the molecule is COc1cc(C2C(C#N)=C(N)OC3=C2C(=O)CC(c2ccco2)C3)cc(OC)c1OC. The molecule has 0 spiro atoms. The van der Waals surface area contributed by atoms with Crippen molar-refractivity contribution in [2.24, 2.45) is 5.73 Å². The Morgan fingerprint density at radius 1 is 1.13 bits per heavy atom. The quantitative estimate of drug-likeness (QED) is 0.778. The number of Topliss-reactive ketones (excluding diaryl/α,β-unsaturated/α-hetero) is 1. The highest BCUT2D eigenvalue weighted by Gasteiger charge is 2.42. The summed E-state index contributed by atoms with van der Waals surface area (Å²) in [6, 6.07) is 9.17. The van der Waals surface area contributed by atoms with Gasteiger partial charge >= 0.3 is 0 Å². The first-order chi connectivity index (χ1) is 15.0. The van der Waals surface area contributed by atoms with E-state index in [0.29, 0.717) is 46.3 Å². The van der Waals surface area contributed by atoms with Crippen molar-refractivity contribution in [3.05, 3.63) is 64.6 Å². The zero-order chi connectivity index (χ0) is 22.1. The van der Waals surface area contributed by atoms with Crippen LogP contribution >= 0.6 is 0 Å². The number of allylic oxidation sites excluding steroid dienone is 3. The minimum absolute atomic E-state index is 0.0205. The first kappa shape index (κ1) is 20.4. The molecule has 0 radical (unpaired) electrons. The van der Waals surface area contributed by atoms with Gasteiger partial charge in [-0.15, -0.1) is 0 Å². The van der Waals surface area contributed by atoms with E-state index in [1.165, 1.54) is 21.3 Å². The topological polar surface area (TPSA) is 117 Å². The van der Waals surface area contributed by atoms with Crippen LogP contribution in [0.3, 0.4) is 0 Å². The van der Waals surface area contributed by atoms with Crippen LogP contribution in [0.2, 0.25) is 0 Å². The molecular formula is C23H22N2O6. The van der Waals surface area contributed by atoms with Gasteiger partial charge in [0, 0.05) is 24.3 Å². The number of nitriles is 1. The zero-order valence-corrected chi connectivity index (χ0v) is 17.4. The molecule has 0 bridgehead atoms. The maximum absolute atomic E-state index is 13.3. The van der Waals surface area contributed by atoms with Crippen LogP contribution < -0.4 is 19.9 Å². The second-order valence-corrected chi connectivity index (χ2v) is 7.26. The Kier molecular flexibility index (Phi) is 5.34. The molecule has 1 aliphatic carbocycles. The molecule has 1 aliphatic heterocycles. The molecule has 2 atom stereocenters. The summed E-state index contributed by atoms with van der Waals surface area (Å²) in [5.41, 5.74) is 7.31. The number of rotatable bonds is 5. The second kappa shape index (κ2) is 8.11. The van der Waals surface area contributed by atoms with Crippen molar-refractivity contribution in [2.45, 2.75) is 24.7 Å². The van der Waals surface area contributed by atoms with Crippen molar-refractivity contribution >= 4 is 5.78 Å². The number of carbonyl (C=O) groups is 1.